The van der Waals surface area contributed by atoms with Crippen LogP contribution in [0.2, 0.25) is 0 Å². The molecule has 1 unspecified atom stereocenters. The van der Waals surface area contributed by atoms with E-state index in [2.05, 4.69) is 50.2 Å². The second-order valence-electron chi connectivity index (χ2n) is 8.15. The van der Waals surface area contributed by atoms with E-state index in [1.54, 1.807) is 11.3 Å². The number of hydrogen-bond donors (Lipinski definition) is 3. The molecule has 1 aromatic heterocycles. The maximum Gasteiger partial charge on any atom is 0.191 e. The standard InChI is InChI=1S/C23H35N5O2S.HI/c1-3-24-22(26-17-23(2,29)18-28-11-13-30-14-12-28)25-15-20-16-31-21(27-20)10-9-19-7-5-4-6-8-19;/h4-8,16,29H,3,9-15,17-18H2,1-2H3,(H2,24,25,26);1H. The van der Waals surface area contributed by atoms with Gasteiger partial charge in [-0.2, -0.15) is 0 Å². The molecule has 0 spiro atoms. The largest absolute Gasteiger partial charge is 0.387 e. The van der Waals surface area contributed by atoms with E-state index in [0.717, 1.165) is 56.4 Å². The molecule has 1 aliphatic heterocycles. The van der Waals surface area contributed by atoms with Crippen LogP contribution in [0, 0.1) is 0 Å². The lowest BCUT2D eigenvalue weighted by molar-refractivity contribution is -0.0201. The van der Waals surface area contributed by atoms with Crippen molar-refractivity contribution < 1.29 is 9.84 Å². The average Bonchev–Trinajstić information content (AvgIpc) is 3.23. The van der Waals surface area contributed by atoms with Crippen molar-refractivity contribution in [1.29, 1.82) is 0 Å². The number of nitrogens with zero attached hydrogens (tertiary/aromatic N) is 3. The fraction of sp³-hybridized carbons (Fsp3) is 0.565. The molecule has 3 N–H and O–H groups in total. The Kier molecular flexibility index (Phi) is 11.9. The van der Waals surface area contributed by atoms with Gasteiger partial charge in [-0.05, 0) is 25.8 Å². The van der Waals surface area contributed by atoms with Gasteiger partial charge in [0.05, 0.1) is 36.1 Å². The fourth-order valence-corrected chi connectivity index (χ4v) is 4.29. The average molecular weight is 574 g/mol. The van der Waals surface area contributed by atoms with Crippen molar-refractivity contribution in [3.63, 3.8) is 0 Å². The molecule has 0 saturated carbocycles. The van der Waals surface area contributed by atoms with Gasteiger partial charge in [-0.25, -0.2) is 9.98 Å². The maximum atomic E-state index is 10.8. The van der Waals surface area contributed by atoms with Gasteiger partial charge in [0.1, 0.15) is 0 Å². The summed E-state index contributed by atoms with van der Waals surface area (Å²) in [6.07, 6.45) is 1.95. The topological polar surface area (TPSA) is 82.0 Å². The molecule has 1 fully saturated rings. The molecule has 0 radical (unpaired) electrons. The molecule has 1 aromatic carbocycles. The second kappa shape index (κ2) is 14.1. The molecule has 1 saturated heterocycles. The van der Waals surface area contributed by atoms with Gasteiger partial charge in [0.2, 0.25) is 0 Å². The number of aliphatic hydroxyl groups is 1. The zero-order valence-electron chi connectivity index (χ0n) is 19.0. The van der Waals surface area contributed by atoms with E-state index in [4.69, 9.17) is 9.72 Å². The van der Waals surface area contributed by atoms with Crippen LogP contribution < -0.4 is 10.6 Å². The van der Waals surface area contributed by atoms with Gasteiger partial charge < -0.3 is 20.5 Å². The predicted octanol–water partition coefficient (Wildman–Crippen LogP) is 2.68. The molecule has 178 valence electrons. The Hall–Kier alpha value is -1.27. The Labute approximate surface area is 212 Å². The quantitative estimate of drug-likeness (QED) is 0.231. The van der Waals surface area contributed by atoms with E-state index < -0.39 is 5.60 Å². The number of morpholine rings is 1. The molecule has 3 rings (SSSR count). The van der Waals surface area contributed by atoms with Crippen molar-refractivity contribution in [2.24, 2.45) is 4.99 Å². The maximum absolute atomic E-state index is 10.8. The zero-order chi connectivity index (χ0) is 21.9. The van der Waals surface area contributed by atoms with Crippen molar-refractivity contribution in [2.75, 3.05) is 45.9 Å². The van der Waals surface area contributed by atoms with Gasteiger partial charge in [-0.1, -0.05) is 30.3 Å². The van der Waals surface area contributed by atoms with E-state index >= 15 is 0 Å². The summed E-state index contributed by atoms with van der Waals surface area (Å²) in [4.78, 5) is 11.6. The summed E-state index contributed by atoms with van der Waals surface area (Å²) in [5.41, 5.74) is 1.46. The summed E-state index contributed by atoms with van der Waals surface area (Å²) in [5, 5.41) is 20.5. The van der Waals surface area contributed by atoms with Crippen molar-refractivity contribution in [3.8, 4) is 0 Å². The second-order valence-corrected chi connectivity index (χ2v) is 9.10. The van der Waals surface area contributed by atoms with Crippen molar-refractivity contribution in [1.82, 2.24) is 20.5 Å². The molecule has 0 bridgehead atoms. The summed E-state index contributed by atoms with van der Waals surface area (Å²) < 4.78 is 5.38. The van der Waals surface area contributed by atoms with Crippen LogP contribution in [0.1, 0.15) is 30.1 Å². The number of thiazole rings is 1. The zero-order valence-corrected chi connectivity index (χ0v) is 22.2. The highest BCUT2D eigenvalue weighted by Crippen LogP contribution is 2.14. The van der Waals surface area contributed by atoms with Crippen LogP contribution in [-0.4, -0.2) is 72.5 Å². The summed E-state index contributed by atoms with van der Waals surface area (Å²) >= 11 is 1.69. The van der Waals surface area contributed by atoms with Crippen LogP contribution in [0.15, 0.2) is 40.7 Å². The summed E-state index contributed by atoms with van der Waals surface area (Å²) in [6.45, 7) is 9.39. The highest BCUT2D eigenvalue weighted by atomic mass is 127. The molecule has 1 atom stereocenters. The Balaban J connectivity index is 0.00000363. The number of halogens is 1. The van der Waals surface area contributed by atoms with Gasteiger partial charge in [-0.15, -0.1) is 35.3 Å². The van der Waals surface area contributed by atoms with Crippen LogP contribution in [0.25, 0.3) is 0 Å². The van der Waals surface area contributed by atoms with Crippen molar-refractivity contribution in [3.05, 3.63) is 52.0 Å². The van der Waals surface area contributed by atoms with Crippen molar-refractivity contribution >= 4 is 41.3 Å². The third kappa shape index (κ3) is 9.70. The number of β-amino-alcohol motifs (C(OH)–C–C–N with tert-alkyl or cyclic N) is 1. The lowest BCUT2D eigenvalue weighted by Crippen LogP contribution is -2.52. The number of benzene rings is 1. The summed E-state index contributed by atoms with van der Waals surface area (Å²) in [7, 11) is 0. The monoisotopic (exact) mass is 573 g/mol. The summed E-state index contributed by atoms with van der Waals surface area (Å²) in [6, 6.07) is 10.5. The third-order valence-corrected chi connectivity index (χ3v) is 6.08. The van der Waals surface area contributed by atoms with Gasteiger partial charge in [0, 0.05) is 44.5 Å². The van der Waals surface area contributed by atoms with Crippen LogP contribution >= 0.6 is 35.3 Å². The van der Waals surface area contributed by atoms with E-state index in [9.17, 15) is 5.11 Å². The Morgan fingerprint density at radius 3 is 2.69 bits per heavy atom. The number of rotatable bonds is 10. The highest BCUT2D eigenvalue weighted by Gasteiger charge is 2.25. The SMILES string of the molecule is CCNC(=NCc1csc(CCc2ccccc2)n1)NCC(C)(O)CN1CCOCC1.I. The normalized spacial score (nSPS) is 16.8. The molecule has 2 aromatic rings. The molecule has 1 aliphatic rings. The minimum Gasteiger partial charge on any atom is -0.387 e. The predicted molar refractivity (Wildman–Crippen MR) is 142 cm³/mol. The van der Waals surface area contributed by atoms with Crippen LogP contribution in [0.4, 0.5) is 0 Å². The molecule has 9 heteroatoms. The minimum atomic E-state index is -0.848. The van der Waals surface area contributed by atoms with E-state index in [0.29, 0.717) is 25.6 Å². The smallest absolute Gasteiger partial charge is 0.191 e. The number of nitrogens with one attached hydrogen (secondary N) is 2. The number of aromatic nitrogens is 1. The molecule has 7 nitrogen and oxygen atoms in total. The summed E-state index contributed by atoms with van der Waals surface area (Å²) in [5.74, 6) is 0.698. The number of guanidine groups is 1. The van der Waals surface area contributed by atoms with Gasteiger partial charge in [-0.3, -0.25) is 4.90 Å². The van der Waals surface area contributed by atoms with Gasteiger partial charge in [0.25, 0.3) is 0 Å². The van der Waals surface area contributed by atoms with Crippen LogP contribution in [-0.2, 0) is 24.1 Å². The van der Waals surface area contributed by atoms with E-state index in [1.165, 1.54) is 5.56 Å². The molecule has 0 amide bonds. The lowest BCUT2D eigenvalue weighted by Gasteiger charge is -2.34. The molecule has 32 heavy (non-hydrogen) atoms. The third-order valence-electron chi connectivity index (χ3n) is 5.12. The minimum absolute atomic E-state index is 0. The Bertz CT molecular complexity index is 810. The van der Waals surface area contributed by atoms with Gasteiger partial charge in [0.15, 0.2) is 5.96 Å². The Morgan fingerprint density at radius 2 is 1.97 bits per heavy atom. The van der Waals surface area contributed by atoms with E-state index in [1.807, 2.05) is 19.9 Å². The molecule has 2 heterocycles. The Morgan fingerprint density at radius 1 is 1.22 bits per heavy atom. The number of ether oxygens (including phenoxy) is 1. The van der Waals surface area contributed by atoms with Gasteiger partial charge >= 0.3 is 0 Å². The number of aliphatic imine (C=N–C) groups is 1. The number of hydrogen-bond acceptors (Lipinski definition) is 6. The molecule has 0 aliphatic carbocycles. The first kappa shape index (κ1) is 27.0. The van der Waals surface area contributed by atoms with E-state index in [-0.39, 0.29) is 24.0 Å². The molecular weight excluding hydrogens is 537 g/mol. The highest BCUT2D eigenvalue weighted by molar-refractivity contribution is 14.0. The molecular formula is C23H36IN5O2S. The van der Waals surface area contributed by atoms with Crippen LogP contribution in [0.5, 0.6) is 0 Å². The lowest BCUT2D eigenvalue weighted by atomic mass is 10.1. The van der Waals surface area contributed by atoms with Crippen LogP contribution in [0.3, 0.4) is 0 Å². The fourth-order valence-electron chi connectivity index (χ4n) is 3.51. The first-order chi connectivity index (χ1) is 15.0. The number of aryl methyl sites for hydroxylation is 2. The van der Waals surface area contributed by atoms with Crippen molar-refractivity contribution in [2.45, 2.75) is 38.8 Å². The first-order valence-electron chi connectivity index (χ1n) is 11.1. The first-order valence-corrected chi connectivity index (χ1v) is 11.9.